The molecule has 1 N–H and O–H groups in total. The summed E-state index contributed by atoms with van der Waals surface area (Å²) >= 11 is 0. The molecule has 0 spiro atoms. The van der Waals surface area contributed by atoms with Gasteiger partial charge in [0.05, 0.1) is 6.04 Å². The first-order chi connectivity index (χ1) is 9.75. The third-order valence-corrected chi connectivity index (χ3v) is 4.45. The van der Waals surface area contributed by atoms with Gasteiger partial charge in [-0.1, -0.05) is 24.6 Å². The van der Waals surface area contributed by atoms with Crippen molar-refractivity contribution >= 4 is 18.3 Å². The summed E-state index contributed by atoms with van der Waals surface area (Å²) in [6.07, 6.45) is 4.06. The van der Waals surface area contributed by atoms with Crippen LogP contribution in [0.3, 0.4) is 0 Å². The Kier molecular flexibility index (Phi) is 5.59. The van der Waals surface area contributed by atoms with Crippen molar-refractivity contribution in [2.75, 3.05) is 19.6 Å². The van der Waals surface area contributed by atoms with Gasteiger partial charge in [-0.25, -0.2) is 4.39 Å². The Morgan fingerprint density at radius 3 is 2.76 bits per heavy atom. The molecule has 0 radical (unpaired) electrons. The molecule has 21 heavy (non-hydrogen) atoms. The van der Waals surface area contributed by atoms with Crippen LogP contribution < -0.4 is 5.32 Å². The molecule has 2 saturated heterocycles. The van der Waals surface area contributed by atoms with Gasteiger partial charge in [-0.2, -0.15) is 0 Å². The predicted molar refractivity (Wildman–Crippen MR) is 83.2 cm³/mol. The maximum absolute atomic E-state index is 13.8. The summed E-state index contributed by atoms with van der Waals surface area (Å²) in [5, 5.41) is 3.30. The zero-order valence-corrected chi connectivity index (χ0v) is 12.9. The summed E-state index contributed by atoms with van der Waals surface area (Å²) in [5.41, 5.74) is 0.749. The van der Waals surface area contributed by atoms with E-state index in [1.807, 2.05) is 17.0 Å². The van der Waals surface area contributed by atoms with Crippen LogP contribution in [0.1, 0.15) is 37.2 Å². The molecule has 2 aliphatic heterocycles. The molecule has 0 saturated carbocycles. The molecular weight excluding hydrogens is 291 g/mol. The molecule has 1 aromatic rings. The number of halogens is 2. The van der Waals surface area contributed by atoms with Crippen molar-refractivity contribution in [2.45, 2.75) is 37.6 Å². The average molecular weight is 313 g/mol. The zero-order valence-electron chi connectivity index (χ0n) is 12.1. The van der Waals surface area contributed by atoms with Crippen molar-refractivity contribution < 1.29 is 9.18 Å². The lowest BCUT2D eigenvalue weighted by atomic mass is 9.98. The number of hydrogen-bond acceptors (Lipinski definition) is 2. The van der Waals surface area contributed by atoms with Gasteiger partial charge in [0, 0.05) is 19.0 Å². The van der Waals surface area contributed by atoms with Crippen LogP contribution in [0.2, 0.25) is 0 Å². The second kappa shape index (κ2) is 7.23. The van der Waals surface area contributed by atoms with E-state index >= 15 is 0 Å². The highest BCUT2D eigenvalue weighted by molar-refractivity contribution is 5.85. The van der Waals surface area contributed by atoms with Crippen molar-refractivity contribution in [1.82, 2.24) is 10.2 Å². The van der Waals surface area contributed by atoms with Crippen LogP contribution in [0.25, 0.3) is 0 Å². The maximum atomic E-state index is 13.8. The molecule has 3 rings (SSSR count). The van der Waals surface area contributed by atoms with E-state index in [0.717, 1.165) is 44.3 Å². The van der Waals surface area contributed by atoms with Gasteiger partial charge in [-0.05, 0) is 37.4 Å². The number of piperidine rings is 1. The second-order valence-electron chi connectivity index (χ2n) is 5.79. The SMILES string of the molecule is Cl.O=C(C1CCCCN1)N1CCC(c2ccccc2F)C1. The van der Waals surface area contributed by atoms with Gasteiger partial charge >= 0.3 is 0 Å². The van der Waals surface area contributed by atoms with Gasteiger partial charge in [-0.3, -0.25) is 4.79 Å². The molecule has 116 valence electrons. The molecule has 0 aromatic heterocycles. The van der Waals surface area contributed by atoms with E-state index < -0.39 is 0 Å². The van der Waals surface area contributed by atoms with Crippen molar-refractivity contribution in [3.63, 3.8) is 0 Å². The molecule has 0 aliphatic carbocycles. The number of amides is 1. The Morgan fingerprint density at radius 1 is 1.24 bits per heavy atom. The minimum atomic E-state index is -0.150. The maximum Gasteiger partial charge on any atom is 0.239 e. The smallest absolute Gasteiger partial charge is 0.239 e. The molecule has 2 heterocycles. The Hall–Kier alpha value is -1.13. The van der Waals surface area contributed by atoms with Gasteiger partial charge in [0.1, 0.15) is 5.82 Å². The van der Waals surface area contributed by atoms with Gasteiger partial charge in [0.15, 0.2) is 0 Å². The van der Waals surface area contributed by atoms with E-state index in [4.69, 9.17) is 0 Å². The second-order valence-corrected chi connectivity index (χ2v) is 5.79. The highest BCUT2D eigenvalue weighted by Crippen LogP contribution is 2.29. The Balaban J connectivity index is 0.00000161. The molecular formula is C16H22ClFN2O. The topological polar surface area (TPSA) is 32.3 Å². The number of benzene rings is 1. The molecule has 5 heteroatoms. The van der Waals surface area contributed by atoms with Gasteiger partial charge in [0.2, 0.25) is 5.91 Å². The fourth-order valence-corrected chi connectivity index (χ4v) is 3.30. The van der Waals surface area contributed by atoms with E-state index in [1.165, 1.54) is 6.07 Å². The van der Waals surface area contributed by atoms with Crippen LogP contribution in [-0.4, -0.2) is 36.5 Å². The zero-order chi connectivity index (χ0) is 13.9. The number of nitrogens with one attached hydrogen (secondary N) is 1. The summed E-state index contributed by atoms with van der Waals surface area (Å²) in [6, 6.07) is 6.90. The van der Waals surface area contributed by atoms with Crippen LogP contribution in [0.4, 0.5) is 4.39 Å². The van der Waals surface area contributed by atoms with E-state index in [1.54, 1.807) is 6.07 Å². The van der Waals surface area contributed by atoms with Gasteiger partial charge < -0.3 is 10.2 Å². The summed E-state index contributed by atoms with van der Waals surface area (Å²) in [6.45, 7) is 2.33. The van der Waals surface area contributed by atoms with Gasteiger partial charge in [-0.15, -0.1) is 12.4 Å². The number of hydrogen-bond donors (Lipinski definition) is 1. The fourth-order valence-electron chi connectivity index (χ4n) is 3.30. The standard InChI is InChI=1S/C16H21FN2O.ClH/c17-14-6-2-1-5-13(14)12-8-10-19(11-12)16(20)15-7-3-4-9-18-15;/h1-2,5-6,12,15,18H,3-4,7-11H2;1H. The van der Waals surface area contributed by atoms with Crippen molar-refractivity contribution in [2.24, 2.45) is 0 Å². The molecule has 1 amide bonds. The lowest BCUT2D eigenvalue weighted by Gasteiger charge is -2.27. The largest absolute Gasteiger partial charge is 0.341 e. The lowest BCUT2D eigenvalue weighted by molar-refractivity contribution is -0.133. The van der Waals surface area contributed by atoms with Crippen LogP contribution in [0, 0.1) is 5.82 Å². The molecule has 2 fully saturated rings. The number of carbonyl (C=O) groups is 1. The number of rotatable bonds is 2. The number of likely N-dealkylation sites (tertiary alicyclic amines) is 1. The van der Waals surface area contributed by atoms with Gasteiger partial charge in [0.25, 0.3) is 0 Å². The predicted octanol–water partition coefficient (Wildman–Crippen LogP) is 2.71. The first-order valence-electron chi connectivity index (χ1n) is 7.52. The Bertz CT molecular complexity index is 491. The molecule has 2 atom stereocenters. The molecule has 1 aromatic carbocycles. The van der Waals surface area contributed by atoms with Crippen molar-refractivity contribution in [1.29, 1.82) is 0 Å². The highest BCUT2D eigenvalue weighted by Gasteiger charge is 2.32. The highest BCUT2D eigenvalue weighted by atomic mass is 35.5. The summed E-state index contributed by atoms with van der Waals surface area (Å²) in [4.78, 5) is 14.3. The van der Waals surface area contributed by atoms with Crippen molar-refractivity contribution in [3.8, 4) is 0 Å². The summed E-state index contributed by atoms with van der Waals surface area (Å²) in [7, 11) is 0. The van der Waals surface area contributed by atoms with E-state index in [9.17, 15) is 9.18 Å². The Labute approximate surface area is 131 Å². The fraction of sp³-hybridized carbons (Fsp3) is 0.562. The van der Waals surface area contributed by atoms with E-state index in [0.29, 0.717) is 6.54 Å². The minimum absolute atomic E-state index is 0. The molecule has 2 unspecified atom stereocenters. The summed E-state index contributed by atoms with van der Waals surface area (Å²) < 4.78 is 13.8. The lowest BCUT2D eigenvalue weighted by Crippen LogP contribution is -2.47. The average Bonchev–Trinajstić information content (AvgIpc) is 2.97. The third kappa shape index (κ3) is 3.55. The van der Waals surface area contributed by atoms with Crippen LogP contribution in [0.15, 0.2) is 24.3 Å². The first kappa shape index (κ1) is 16.2. The first-order valence-corrected chi connectivity index (χ1v) is 7.52. The molecule has 2 aliphatic rings. The van der Waals surface area contributed by atoms with E-state index in [-0.39, 0.29) is 36.1 Å². The summed E-state index contributed by atoms with van der Waals surface area (Å²) in [5.74, 6) is 0.190. The number of carbonyl (C=O) groups excluding carboxylic acids is 1. The Morgan fingerprint density at radius 2 is 2.05 bits per heavy atom. The normalized spacial score (nSPS) is 25.5. The van der Waals surface area contributed by atoms with Crippen LogP contribution >= 0.6 is 12.4 Å². The minimum Gasteiger partial charge on any atom is -0.341 e. The number of nitrogens with zero attached hydrogens (tertiary/aromatic N) is 1. The molecule has 3 nitrogen and oxygen atoms in total. The quantitative estimate of drug-likeness (QED) is 0.910. The van der Waals surface area contributed by atoms with E-state index in [2.05, 4.69) is 5.32 Å². The van der Waals surface area contributed by atoms with Crippen molar-refractivity contribution in [3.05, 3.63) is 35.6 Å². The van der Waals surface area contributed by atoms with Crippen LogP contribution in [0.5, 0.6) is 0 Å². The molecule has 0 bridgehead atoms. The third-order valence-electron chi connectivity index (χ3n) is 4.45. The van der Waals surface area contributed by atoms with Crippen LogP contribution in [-0.2, 0) is 4.79 Å². The monoisotopic (exact) mass is 312 g/mol.